The molecule has 5 unspecified atom stereocenters. The number of benzene rings is 1. The first-order valence-electron chi connectivity index (χ1n) is 12.4. The van der Waals surface area contributed by atoms with E-state index in [1.54, 1.807) is 12.7 Å². The second-order valence-corrected chi connectivity index (χ2v) is 10.9. The fraction of sp³-hybridized carbons (Fsp3) is 0.741. The van der Waals surface area contributed by atoms with Crippen LogP contribution in [0.2, 0.25) is 0 Å². The molecule has 3 aliphatic carbocycles. The Bertz CT molecular complexity index is 778. The number of hydrogen-bond donors (Lipinski definition) is 0. The van der Waals surface area contributed by atoms with E-state index >= 15 is 0 Å². The first-order valence-corrected chi connectivity index (χ1v) is 12.4. The van der Waals surface area contributed by atoms with Gasteiger partial charge in [0.2, 0.25) is 6.41 Å². The predicted octanol–water partition coefficient (Wildman–Crippen LogP) is 4.97. The van der Waals surface area contributed by atoms with Gasteiger partial charge in [-0.1, -0.05) is 13.0 Å². The topological polar surface area (TPSA) is 32.8 Å². The van der Waals surface area contributed by atoms with Gasteiger partial charge >= 0.3 is 0 Å². The van der Waals surface area contributed by atoms with E-state index in [1.807, 2.05) is 0 Å². The number of methoxy groups -OCH3 is 1. The number of aryl methyl sites for hydroxylation is 1. The number of fused-ring (bicyclic) bond motifs is 5. The fourth-order valence-electron chi connectivity index (χ4n) is 7.67. The van der Waals surface area contributed by atoms with Gasteiger partial charge in [0.1, 0.15) is 5.75 Å². The quantitative estimate of drug-likeness (QED) is 0.551. The van der Waals surface area contributed by atoms with Crippen molar-refractivity contribution in [3.8, 4) is 5.75 Å². The van der Waals surface area contributed by atoms with Crippen LogP contribution in [0, 0.1) is 23.2 Å². The monoisotopic (exact) mass is 426 g/mol. The van der Waals surface area contributed by atoms with Crippen LogP contribution in [0.5, 0.6) is 5.75 Å². The molecule has 1 aromatic carbocycles. The van der Waals surface area contributed by atoms with Crippen molar-refractivity contribution in [1.82, 2.24) is 9.80 Å². The average molecular weight is 427 g/mol. The molecule has 0 spiro atoms. The maximum Gasteiger partial charge on any atom is 0.209 e. The van der Waals surface area contributed by atoms with Gasteiger partial charge in [0.15, 0.2) is 0 Å². The van der Waals surface area contributed by atoms with Crippen molar-refractivity contribution < 1.29 is 9.53 Å². The molecule has 0 N–H and O–H groups in total. The molecule has 0 saturated heterocycles. The van der Waals surface area contributed by atoms with Crippen LogP contribution < -0.4 is 4.74 Å². The lowest BCUT2D eigenvalue weighted by molar-refractivity contribution is -0.122. The molecule has 4 rings (SSSR count). The molecular formula is C27H42N2O2. The molecule has 0 heterocycles. The van der Waals surface area contributed by atoms with Gasteiger partial charge in [-0.05, 0) is 125 Å². The van der Waals surface area contributed by atoms with E-state index < -0.39 is 0 Å². The first kappa shape index (κ1) is 22.6. The number of rotatable bonds is 8. The van der Waals surface area contributed by atoms with Crippen LogP contribution in [0.25, 0.3) is 0 Å². The van der Waals surface area contributed by atoms with E-state index in [0.717, 1.165) is 43.5 Å². The van der Waals surface area contributed by atoms with Crippen LogP contribution in [0.3, 0.4) is 0 Å². The van der Waals surface area contributed by atoms with Crippen molar-refractivity contribution in [2.75, 3.05) is 34.3 Å². The summed E-state index contributed by atoms with van der Waals surface area (Å²) in [4.78, 5) is 16.3. The minimum Gasteiger partial charge on any atom is -0.497 e. The molecule has 4 heteroatoms. The minimum atomic E-state index is 0.339. The molecule has 0 aromatic heterocycles. The van der Waals surface area contributed by atoms with Gasteiger partial charge in [-0.15, -0.1) is 0 Å². The van der Waals surface area contributed by atoms with Crippen LogP contribution >= 0.6 is 0 Å². The van der Waals surface area contributed by atoms with Gasteiger partial charge in [-0.3, -0.25) is 4.79 Å². The Morgan fingerprint density at radius 2 is 2.00 bits per heavy atom. The number of hydrogen-bond acceptors (Lipinski definition) is 3. The number of ether oxygens (including phenoxy) is 1. The zero-order chi connectivity index (χ0) is 22.2. The predicted molar refractivity (Wildman–Crippen MR) is 127 cm³/mol. The van der Waals surface area contributed by atoms with E-state index in [1.165, 1.54) is 44.1 Å². The van der Waals surface area contributed by atoms with Gasteiger partial charge in [-0.2, -0.15) is 0 Å². The number of nitrogens with zero attached hydrogens (tertiary/aromatic N) is 2. The first-order chi connectivity index (χ1) is 14.9. The average Bonchev–Trinajstić information content (AvgIpc) is 3.12. The Hall–Kier alpha value is -1.55. The smallest absolute Gasteiger partial charge is 0.209 e. The molecule has 1 amide bonds. The van der Waals surface area contributed by atoms with Crippen LogP contribution in [0.1, 0.15) is 69.4 Å². The lowest BCUT2D eigenvalue weighted by Crippen LogP contribution is -2.48. The zero-order valence-electron chi connectivity index (χ0n) is 20.3. The Balaban J connectivity index is 1.49. The van der Waals surface area contributed by atoms with Crippen molar-refractivity contribution in [3.05, 3.63) is 29.3 Å². The Labute approximate surface area is 189 Å². The Morgan fingerprint density at radius 1 is 1.19 bits per heavy atom. The summed E-state index contributed by atoms with van der Waals surface area (Å²) >= 11 is 0. The zero-order valence-corrected chi connectivity index (χ0v) is 20.3. The van der Waals surface area contributed by atoms with Crippen LogP contribution in [0.4, 0.5) is 0 Å². The Kier molecular flexibility index (Phi) is 6.67. The summed E-state index contributed by atoms with van der Waals surface area (Å²) in [5, 5.41) is 0. The maximum absolute atomic E-state index is 12.0. The molecule has 4 nitrogen and oxygen atoms in total. The van der Waals surface area contributed by atoms with Crippen molar-refractivity contribution in [3.63, 3.8) is 0 Å². The standard InChI is InChI=1S/C27H42N2O2/c1-19(29(18-30)16-6-15-28(3)4)25-11-12-26-24-9-7-20-17-21(31-5)8-10-22(20)23(24)13-14-27(25,26)2/h8,10,17-19,23-26H,6-7,9,11-16H2,1-5H3/t19?,23?,24?,25?,26?,27-/m1/s1. The summed E-state index contributed by atoms with van der Waals surface area (Å²) in [5.74, 6) is 3.93. The summed E-state index contributed by atoms with van der Waals surface area (Å²) in [7, 11) is 5.98. The van der Waals surface area contributed by atoms with Gasteiger partial charge < -0.3 is 14.5 Å². The van der Waals surface area contributed by atoms with Crippen LogP contribution in [0.15, 0.2) is 18.2 Å². The summed E-state index contributed by atoms with van der Waals surface area (Å²) in [6.07, 6.45) is 9.87. The van der Waals surface area contributed by atoms with Gasteiger partial charge in [0, 0.05) is 12.6 Å². The lowest BCUT2D eigenvalue weighted by atomic mass is 9.53. The lowest BCUT2D eigenvalue weighted by Gasteiger charge is -2.52. The largest absolute Gasteiger partial charge is 0.497 e. The second kappa shape index (κ2) is 9.13. The number of carbonyl (C=O) groups excluding carboxylic acids is 1. The summed E-state index contributed by atoms with van der Waals surface area (Å²) in [5.41, 5.74) is 3.47. The Morgan fingerprint density at radius 3 is 2.71 bits per heavy atom. The highest BCUT2D eigenvalue weighted by atomic mass is 16.5. The van der Waals surface area contributed by atoms with Gasteiger partial charge in [0.05, 0.1) is 7.11 Å². The van der Waals surface area contributed by atoms with Crippen molar-refractivity contribution in [2.24, 2.45) is 23.2 Å². The molecular weight excluding hydrogens is 384 g/mol. The van der Waals surface area contributed by atoms with E-state index in [9.17, 15) is 4.79 Å². The molecule has 2 saturated carbocycles. The van der Waals surface area contributed by atoms with Crippen molar-refractivity contribution in [1.29, 1.82) is 0 Å². The molecule has 3 aliphatic rings. The maximum atomic E-state index is 12.0. The van der Waals surface area contributed by atoms with E-state index in [0.29, 0.717) is 23.3 Å². The number of amides is 1. The molecule has 0 bridgehead atoms. The highest BCUT2D eigenvalue weighted by molar-refractivity contribution is 5.48. The third kappa shape index (κ3) is 4.13. The molecule has 0 radical (unpaired) electrons. The fourth-order valence-corrected chi connectivity index (χ4v) is 7.67. The summed E-state index contributed by atoms with van der Waals surface area (Å²) in [6, 6.07) is 7.12. The molecule has 31 heavy (non-hydrogen) atoms. The van der Waals surface area contributed by atoms with Crippen molar-refractivity contribution >= 4 is 6.41 Å². The van der Waals surface area contributed by atoms with E-state index in [4.69, 9.17) is 4.74 Å². The third-order valence-electron chi connectivity index (χ3n) is 9.27. The van der Waals surface area contributed by atoms with Crippen LogP contribution in [-0.4, -0.2) is 56.5 Å². The summed E-state index contributed by atoms with van der Waals surface area (Å²) in [6.45, 7) is 6.79. The van der Waals surface area contributed by atoms with E-state index in [2.05, 4.69) is 55.9 Å². The molecule has 6 atom stereocenters. The van der Waals surface area contributed by atoms with Crippen LogP contribution in [-0.2, 0) is 11.2 Å². The normalized spacial score (nSPS) is 32.7. The second-order valence-electron chi connectivity index (χ2n) is 10.9. The minimum absolute atomic E-state index is 0.339. The van der Waals surface area contributed by atoms with Gasteiger partial charge in [0.25, 0.3) is 0 Å². The SMILES string of the molecule is COc1ccc2c(c1)CCC1C2CC[C@@]2(C)C1CCC2C(C)N(C=O)CCCN(C)C. The molecule has 1 aromatic rings. The number of carbonyl (C=O) groups is 1. The molecule has 172 valence electrons. The van der Waals surface area contributed by atoms with E-state index in [-0.39, 0.29) is 0 Å². The molecule has 2 fully saturated rings. The third-order valence-corrected chi connectivity index (χ3v) is 9.27. The highest BCUT2D eigenvalue weighted by Gasteiger charge is 2.56. The highest BCUT2D eigenvalue weighted by Crippen LogP contribution is 2.63. The molecule has 0 aliphatic heterocycles. The summed E-state index contributed by atoms with van der Waals surface area (Å²) < 4.78 is 5.48. The van der Waals surface area contributed by atoms with Gasteiger partial charge in [-0.25, -0.2) is 0 Å². The van der Waals surface area contributed by atoms with Crippen molar-refractivity contribution in [2.45, 2.75) is 70.8 Å².